The molecule has 2 heterocycles. The van der Waals surface area contributed by atoms with Crippen LogP contribution in [0.4, 0.5) is 0 Å². The van der Waals surface area contributed by atoms with Gasteiger partial charge in [0.2, 0.25) is 11.8 Å². The van der Waals surface area contributed by atoms with E-state index in [-0.39, 0.29) is 23.9 Å². The predicted molar refractivity (Wildman–Crippen MR) is 81.9 cm³/mol. The van der Waals surface area contributed by atoms with Gasteiger partial charge in [-0.3, -0.25) is 9.59 Å². The van der Waals surface area contributed by atoms with Gasteiger partial charge < -0.3 is 15.6 Å². The first-order valence-electron chi connectivity index (χ1n) is 6.50. The van der Waals surface area contributed by atoms with Gasteiger partial charge in [-0.2, -0.15) is 0 Å². The summed E-state index contributed by atoms with van der Waals surface area (Å²) in [5.74, 6) is 0.151. The first-order valence-corrected chi connectivity index (χ1v) is 6.50. The Bertz CT molecular complexity index is 534. The lowest BCUT2D eigenvalue weighted by molar-refractivity contribution is -0.129. The number of carbonyl (C=O) groups excluding carboxylic acids is 2. The van der Waals surface area contributed by atoms with Gasteiger partial charge in [-0.1, -0.05) is 19.2 Å². The van der Waals surface area contributed by atoms with E-state index in [1.807, 2.05) is 0 Å². The second-order valence-corrected chi connectivity index (χ2v) is 4.54. The number of nitrogens with two attached hydrogens (primary N) is 1. The molecule has 1 aromatic heterocycles. The Labute approximate surface area is 124 Å². The number of amides is 2. The normalized spacial score (nSPS) is 16.9. The van der Waals surface area contributed by atoms with Crippen molar-refractivity contribution in [2.24, 2.45) is 11.7 Å². The molecular weight excluding hydrogens is 268 g/mol. The standard InChI is InChI=1S/C10H14N2O2.C5H6N2/c1-3-8-4-5-12(10(8)14)6-7(2)9(11)13;1-2-5-6-3-4-7-5/h3,8H,1-2,4-6H2,(H2,11,13);2-4H,1H2,(H,6,7). The van der Waals surface area contributed by atoms with E-state index in [4.69, 9.17) is 5.73 Å². The minimum absolute atomic E-state index is 0.00222. The van der Waals surface area contributed by atoms with Crippen LogP contribution in [-0.4, -0.2) is 39.8 Å². The Kier molecular flexibility index (Phi) is 6.13. The molecule has 3 N–H and O–H groups in total. The van der Waals surface area contributed by atoms with Gasteiger partial charge in [0.15, 0.2) is 0 Å². The Morgan fingerprint density at radius 2 is 2.29 bits per heavy atom. The van der Waals surface area contributed by atoms with Gasteiger partial charge in [0.25, 0.3) is 0 Å². The smallest absolute Gasteiger partial charge is 0.245 e. The molecule has 2 amide bonds. The molecule has 1 unspecified atom stereocenters. The van der Waals surface area contributed by atoms with E-state index in [2.05, 4.69) is 29.7 Å². The van der Waals surface area contributed by atoms with Gasteiger partial charge in [0.1, 0.15) is 5.82 Å². The first kappa shape index (κ1) is 16.4. The zero-order valence-electron chi connectivity index (χ0n) is 11.9. The molecule has 1 fully saturated rings. The number of imidazole rings is 1. The van der Waals surface area contributed by atoms with E-state index in [1.54, 1.807) is 29.4 Å². The molecule has 1 aliphatic heterocycles. The molecule has 0 radical (unpaired) electrons. The van der Waals surface area contributed by atoms with Gasteiger partial charge in [-0.05, 0) is 12.5 Å². The lowest BCUT2D eigenvalue weighted by Gasteiger charge is -2.15. The highest BCUT2D eigenvalue weighted by Crippen LogP contribution is 2.19. The SMILES string of the molecule is C=CC1CCN(CC(=C)C(N)=O)C1=O.C=Cc1ncc[nH]1. The quantitative estimate of drug-likeness (QED) is 0.628. The Balaban J connectivity index is 0.000000262. The summed E-state index contributed by atoms with van der Waals surface area (Å²) in [6.45, 7) is 11.5. The molecule has 0 bridgehead atoms. The van der Waals surface area contributed by atoms with E-state index >= 15 is 0 Å². The highest BCUT2D eigenvalue weighted by atomic mass is 16.2. The monoisotopic (exact) mass is 288 g/mol. The number of aromatic nitrogens is 2. The highest BCUT2D eigenvalue weighted by molar-refractivity contribution is 5.93. The summed E-state index contributed by atoms with van der Waals surface area (Å²) in [6.07, 6.45) is 7.51. The number of primary amides is 1. The van der Waals surface area contributed by atoms with Crippen LogP contribution >= 0.6 is 0 Å². The van der Waals surface area contributed by atoms with Crippen LogP contribution in [0, 0.1) is 5.92 Å². The van der Waals surface area contributed by atoms with Crippen molar-refractivity contribution in [3.8, 4) is 0 Å². The summed E-state index contributed by atoms with van der Waals surface area (Å²) in [6, 6.07) is 0. The van der Waals surface area contributed by atoms with Crippen molar-refractivity contribution in [3.05, 3.63) is 49.6 Å². The fourth-order valence-electron chi connectivity index (χ4n) is 1.84. The summed E-state index contributed by atoms with van der Waals surface area (Å²) in [7, 11) is 0. The lowest BCUT2D eigenvalue weighted by Crippen LogP contribution is -2.32. The van der Waals surface area contributed by atoms with Crippen molar-refractivity contribution in [2.75, 3.05) is 13.1 Å². The highest BCUT2D eigenvalue weighted by Gasteiger charge is 2.29. The van der Waals surface area contributed by atoms with Gasteiger partial charge in [0.05, 0.1) is 12.5 Å². The van der Waals surface area contributed by atoms with Gasteiger partial charge in [-0.25, -0.2) is 4.98 Å². The third kappa shape index (κ3) is 4.76. The number of nitrogens with one attached hydrogen (secondary N) is 1. The second-order valence-electron chi connectivity index (χ2n) is 4.54. The van der Waals surface area contributed by atoms with E-state index in [1.165, 1.54) is 0 Å². The van der Waals surface area contributed by atoms with E-state index in [9.17, 15) is 9.59 Å². The number of hydrogen-bond acceptors (Lipinski definition) is 3. The average Bonchev–Trinajstić information content (AvgIpc) is 3.10. The molecule has 0 spiro atoms. The molecule has 1 atom stereocenters. The fourth-order valence-corrected chi connectivity index (χ4v) is 1.84. The fraction of sp³-hybridized carbons (Fsp3) is 0.267. The third-order valence-electron chi connectivity index (χ3n) is 3.07. The summed E-state index contributed by atoms with van der Waals surface area (Å²) >= 11 is 0. The zero-order chi connectivity index (χ0) is 15.8. The number of hydrogen-bond donors (Lipinski definition) is 2. The molecular formula is C15H20N4O2. The third-order valence-corrected chi connectivity index (χ3v) is 3.07. The van der Waals surface area contributed by atoms with Crippen LogP contribution in [-0.2, 0) is 9.59 Å². The minimum atomic E-state index is -0.556. The van der Waals surface area contributed by atoms with Gasteiger partial charge in [0, 0.05) is 24.5 Å². The van der Waals surface area contributed by atoms with Crippen LogP contribution in [0.5, 0.6) is 0 Å². The first-order chi connectivity index (χ1) is 9.99. The van der Waals surface area contributed by atoms with Crippen molar-refractivity contribution < 1.29 is 9.59 Å². The van der Waals surface area contributed by atoms with Crippen LogP contribution in [0.2, 0.25) is 0 Å². The molecule has 0 saturated carbocycles. The Morgan fingerprint density at radius 1 is 1.57 bits per heavy atom. The zero-order valence-corrected chi connectivity index (χ0v) is 11.9. The summed E-state index contributed by atoms with van der Waals surface area (Å²) in [5, 5.41) is 0. The molecule has 21 heavy (non-hydrogen) atoms. The molecule has 112 valence electrons. The van der Waals surface area contributed by atoms with Crippen LogP contribution in [0.25, 0.3) is 6.08 Å². The van der Waals surface area contributed by atoms with Crippen molar-refractivity contribution in [2.45, 2.75) is 6.42 Å². The molecule has 0 aliphatic carbocycles. The van der Waals surface area contributed by atoms with Crippen LogP contribution in [0.1, 0.15) is 12.2 Å². The topological polar surface area (TPSA) is 92.1 Å². The number of H-pyrrole nitrogens is 1. The van der Waals surface area contributed by atoms with Gasteiger partial charge >= 0.3 is 0 Å². The number of likely N-dealkylation sites (tertiary alicyclic amines) is 1. The van der Waals surface area contributed by atoms with E-state index in [0.29, 0.717) is 6.54 Å². The predicted octanol–water partition coefficient (Wildman–Crippen LogP) is 1.12. The molecule has 6 heteroatoms. The summed E-state index contributed by atoms with van der Waals surface area (Å²) < 4.78 is 0. The molecule has 2 rings (SSSR count). The van der Waals surface area contributed by atoms with Crippen molar-refractivity contribution >= 4 is 17.9 Å². The van der Waals surface area contributed by atoms with E-state index in [0.717, 1.165) is 12.2 Å². The minimum Gasteiger partial charge on any atom is -0.366 e. The van der Waals surface area contributed by atoms with Crippen molar-refractivity contribution in [1.29, 1.82) is 0 Å². The van der Waals surface area contributed by atoms with Crippen molar-refractivity contribution in [1.82, 2.24) is 14.9 Å². The van der Waals surface area contributed by atoms with Crippen LogP contribution in [0.3, 0.4) is 0 Å². The second kappa shape index (κ2) is 7.84. The van der Waals surface area contributed by atoms with Crippen LogP contribution < -0.4 is 5.73 Å². The molecule has 1 saturated heterocycles. The number of rotatable bonds is 5. The van der Waals surface area contributed by atoms with E-state index < -0.39 is 5.91 Å². The summed E-state index contributed by atoms with van der Waals surface area (Å²) in [4.78, 5) is 30.6. The maximum Gasteiger partial charge on any atom is 0.245 e. The van der Waals surface area contributed by atoms with Gasteiger partial charge in [-0.15, -0.1) is 6.58 Å². The lowest BCUT2D eigenvalue weighted by atomic mass is 10.1. The molecule has 1 aliphatic rings. The Morgan fingerprint density at radius 3 is 2.67 bits per heavy atom. The number of nitrogens with zero attached hydrogens (tertiary/aromatic N) is 2. The summed E-state index contributed by atoms with van der Waals surface area (Å²) in [5.41, 5.74) is 5.30. The molecule has 6 nitrogen and oxygen atoms in total. The van der Waals surface area contributed by atoms with Crippen LogP contribution in [0.15, 0.2) is 43.8 Å². The molecule has 0 aromatic carbocycles. The average molecular weight is 288 g/mol. The number of aromatic amines is 1. The maximum atomic E-state index is 11.6. The largest absolute Gasteiger partial charge is 0.366 e. The maximum absolute atomic E-state index is 11.6. The van der Waals surface area contributed by atoms with Crippen molar-refractivity contribution in [3.63, 3.8) is 0 Å². The number of carbonyl (C=O) groups is 2. The molecule has 1 aromatic rings. The Hall–Kier alpha value is -2.63.